The minimum Gasteiger partial charge on any atom is -0.365 e. The third-order valence-corrected chi connectivity index (χ3v) is 5.46. The van der Waals surface area contributed by atoms with Gasteiger partial charge in [-0.25, -0.2) is 4.79 Å². The molecule has 0 aliphatic heterocycles. The fourth-order valence-electron chi connectivity index (χ4n) is 3.96. The quantitative estimate of drug-likeness (QED) is 0.676. The van der Waals surface area contributed by atoms with Gasteiger partial charge >= 0.3 is 5.69 Å². The molecule has 1 aliphatic rings. The second-order valence-corrected chi connectivity index (χ2v) is 7.59. The van der Waals surface area contributed by atoms with Crippen molar-refractivity contribution >= 4 is 22.6 Å². The minimum absolute atomic E-state index is 0.0121. The van der Waals surface area contributed by atoms with Crippen LogP contribution in [0, 0.1) is 0 Å². The second-order valence-electron chi connectivity index (χ2n) is 7.59. The van der Waals surface area contributed by atoms with E-state index < -0.39 is 5.69 Å². The van der Waals surface area contributed by atoms with Gasteiger partial charge in [-0.2, -0.15) is 4.98 Å². The van der Waals surface area contributed by atoms with Crippen molar-refractivity contribution in [1.29, 1.82) is 0 Å². The standard InChI is InChI=1S/C23H26N4O2/c28-21(25-18-11-5-2-6-12-18)16-27-20-14-8-7-13-19(20)22(26-23(27)29)24-15-17-9-3-1-4-10-17/h1,3-4,7-10,13-14,18H,2,5-6,11-12,15-16H2,(H,25,28)(H,24,26,29). The van der Waals surface area contributed by atoms with E-state index in [0.717, 1.165) is 36.6 Å². The average molecular weight is 390 g/mol. The van der Waals surface area contributed by atoms with Crippen LogP contribution < -0.4 is 16.3 Å². The second kappa shape index (κ2) is 8.90. The first-order chi connectivity index (χ1) is 14.2. The topological polar surface area (TPSA) is 76.0 Å². The lowest BCUT2D eigenvalue weighted by Crippen LogP contribution is -2.40. The molecule has 1 fully saturated rings. The summed E-state index contributed by atoms with van der Waals surface area (Å²) in [6.45, 7) is 0.561. The van der Waals surface area contributed by atoms with Crippen molar-refractivity contribution in [2.75, 3.05) is 5.32 Å². The molecule has 3 aromatic rings. The highest BCUT2D eigenvalue weighted by Gasteiger charge is 2.18. The Labute approximate surface area is 170 Å². The van der Waals surface area contributed by atoms with Crippen LogP contribution in [0.5, 0.6) is 0 Å². The number of hydrogen-bond acceptors (Lipinski definition) is 4. The smallest absolute Gasteiger partial charge is 0.350 e. The van der Waals surface area contributed by atoms with Gasteiger partial charge in [-0.15, -0.1) is 0 Å². The highest BCUT2D eigenvalue weighted by Crippen LogP contribution is 2.20. The molecule has 1 aliphatic carbocycles. The highest BCUT2D eigenvalue weighted by atomic mass is 16.2. The van der Waals surface area contributed by atoms with Crippen molar-refractivity contribution < 1.29 is 4.79 Å². The summed E-state index contributed by atoms with van der Waals surface area (Å²) in [6, 6.07) is 17.8. The Morgan fingerprint density at radius 2 is 1.72 bits per heavy atom. The first kappa shape index (κ1) is 19.2. The molecule has 1 saturated carbocycles. The zero-order chi connectivity index (χ0) is 20.1. The summed E-state index contributed by atoms with van der Waals surface area (Å²) in [5, 5.41) is 7.17. The van der Waals surface area contributed by atoms with E-state index in [1.165, 1.54) is 11.0 Å². The van der Waals surface area contributed by atoms with Crippen molar-refractivity contribution in [3.05, 3.63) is 70.6 Å². The van der Waals surface area contributed by atoms with Gasteiger partial charge in [0.15, 0.2) is 0 Å². The zero-order valence-corrected chi connectivity index (χ0v) is 16.4. The Morgan fingerprint density at radius 1 is 1.00 bits per heavy atom. The number of carbonyl (C=O) groups is 1. The highest BCUT2D eigenvalue weighted by molar-refractivity contribution is 5.90. The molecule has 0 spiro atoms. The molecule has 6 heteroatoms. The number of fused-ring (bicyclic) bond motifs is 1. The summed E-state index contributed by atoms with van der Waals surface area (Å²) in [7, 11) is 0. The molecule has 1 amide bonds. The van der Waals surface area contributed by atoms with Crippen LogP contribution >= 0.6 is 0 Å². The van der Waals surface area contributed by atoms with Crippen molar-refractivity contribution in [3.8, 4) is 0 Å². The van der Waals surface area contributed by atoms with Crippen LogP contribution in [-0.4, -0.2) is 21.5 Å². The van der Waals surface area contributed by atoms with Crippen LogP contribution in [0.25, 0.3) is 10.9 Å². The Bertz CT molecular complexity index is 1040. The number of aromatic nitrogens is 2. The molecule has 29 heavy (non-hydrogen) atoms. The molecule has 4 rings (SSSR count). The van der Waals surface area contributed by atoms with E-state index in [2.05, 4.69) is 15.6 Å². The van der Waals surface area contributed by atoms with Crippen molar-refractivity contribution in [3.63, 3.8) is 0 Å². The first-order valence-electron chi connectivity index (χ1n) is 10.3. The minimum atomic E-state index is -0.418. The number of benzene rings is 2. The number of nitrogens with zero attached hydrogens (tertiary/aromatic N) is 2. The lowest BCUT2D eigenvalue weighted by Gasteiger charge is -2.23. The number of anilines is 1. The van der Waals surface area contributed by atoms with Gasteiger partial charge in [0.2, 0.25) is 5.91 Å². The number of rotatable bonds is 6. The maximum absolute atomic E-state index is 12.7. The average Bonchev–Trinajstić information content (AvgIpc) is 2.76. The normalized spacial score (nSPS) is 14.6. The van der Waals surface area contributed by atoms with Crippen LogP contribution in [0.15, 0.2) is 59.4 Å². The van der Waals surface area contributed by atoms with E-state index in [1.54, 1.807) is 0 Å². The molecule has 1 aromatic heterocycles. The van der Waals surface area contributed by atoms with Crippen LogP contribution in [0.2, 0.25) is 0 Å². The van der Waals surface area contributed by atoms with Gasteiger partial charge in [-0.05, 0) is 30.5 Å². The molecule has 0 saturated heterocycles. The summed E-state index contributed by atoms with van der Waals surface area (Å²) in [4.78, 5) is 29.5. The van der Waals surface area contributed by atoms with Gasteiger partial charge in [0.05, 0.1) is 5.52 Å². The van der Waals surface area contributed by atoms with Crippen molar-refractivity contribution in [2.45, 2.75) is 51.2 Å². The lowest BCUT2D eigenvalue weighted by molar-refractivity contribution is -0.122. The fourth-order valence-corrected chi connectivity index (χ4v) is 3.96. The largest absolute Gasteiger partial charge is 0.365 e. The summed E-state index contributed by atoms with van der Waals surface area (Å²) in [6.07, 6.45) is 5.57. The monoisotopic (exact) mass is 390 g/mol. The Hall–Kier alpha value is -3.15. The predicted molar refractivity (Wildman–Crippen MR) is 115 cm³/mol. The molecule has 6 nitrogen and oxygen atoms in total. The number of para-hydroxylation sites is 1. The van der Waals surface area contributed by atoms with Gasteiger partial charge in [-0.3, -0.25) is 9.36 Å². The number of hydrogen-bond donors (Lipinski definition) is 2. The van der Waals surface area contributed by atoms with Gasteiger partial charge in [0, 0.05) is 18.0 Å². The Balaban J connectivity index is 1.56. The van der Waals surface area contributed by atoms with Gasteiger partial charge in [0.1, 0.15) is 12.4 Å². The maximum Gasteiger partial charge on any atom is 0.350 e. The maximum atomic E-state index is 12.7. The van der Waals surface area contributed by atoms with Crippen molar-refractivity contribution in [1.82, 2.24) is 14.9 Å². The van der Waals surface area contributed by atoms with Crippen LogP contribution in [0.3, 0.4) is 0 Å². The van der Waals surface area contributed by atoms with Gasteiger partial charge in [0.25, 0.3) is 0 Å². The van der Waals surface area contributed by atoms with Gasteiger partial charge < -0.3 is 10.6 Å². The van der Waals surface area contributed by atoms with E-state index in [-0.39, 0.29) is 18.5 Å². The van der Waals surface area contributed by atoms with E-state index in [9.17, 15) is 9.59 Å². The third kappa shape index (κ3) is 4.65. The van der Waals surface area contributed by atoms with Crippen molar-refractivity contribution in [2.24, 2.45) is 0 Å². The Kier molecular flexibility index (Phi) is 5.89. The fraction of sp³-hybridized carbons (Fsp3) is 0.348. The molecule has 2 aromatic carbocycles. The number of carbonyl (C=O) groups excluding carboxylic acids is 1. The summed E-state index contributed by atoms with van der Waals surface area (Å²) in [5.41, 5.74) is 1.40. The molecular weight excluding hydrogens is 364 g/mol. The first-order valence-corrected chi connectivity index (χ1v) is 10.3. The summed E-state index contributed by atoms with van der Waals surface area (Å²) >= 11 is 0. The van der Waals surface area contributed by atoms with E-state index >= 15 is 0 Å². The lowest BCUT2D eigenvalue weighted by atomic mass is 9.95. The van der Waals surface area contributed by atoms with E-state index in [1.807, 2.05) is 54.6 Å². The molecule has 0 bridgehead atoms. The molecule has 0 radical (unpaired) electrons. The Morgan fingerprint density at radius 3 is 2.52 bits per heavy atom. The van der Waals surface area contributed by atoms with Crippen LogP contribution in [0.1, 0.15) is 37.7 Å². The molecular formula is C23H26N4O2. The molecule has 0 atom stereocenters. The summed E-state index contributed by atoms with van der Waals surface area (Å²) < 4.78 is 1.46. The number of nitrogens with one attached hydrogen (secondary N) is 2. The van der Waals surface area contributed by atoms with E-state index in [0.29, 0.717) is 17.9 Å². The van der Waals surface area contributed by atoms with Crippen LogP contribution in [0.4, 0.5) is 5.82 Å². The third-order valence-electron chi connectivity index (χ3n) is 5.46. The summed E-state index contributed by atoms with van der Waals surface area (Å²) in [5.74, 6) is 0.411. The molecule has 150 valence electrons. The molecule has 0 unspecified atom stereocenters. The predicted octanol–water partition coefficient (Wildman–Crippen LogP) is 3.46. The SMILES string of the molecule is O=C(Cn1c(=O)nc(NCc2ccccc2)c2ccccc21)NC1CCCCC1. The zero-order valence-electron chi connectivity index (χ0n) is 16.4. The van der Waals surface area contributed by atoms with Crippen LogP contribution in [-0.2, 0) is 17.9 Å². The van der Waals surface area contributed by atoms with E-state index in [4.69, 9.17) is 0 Å². The molecule has 2 N–H and O–H groups in total. The number of amides is 1. The van der Waals surface area contributed by atoms with Gasteiger partial charge in [-0.1, -0.05) is 61.7 Å². The molecule has 1 heterocycles.